The third-order valence-electron chi connectivity index (χ3n) is 2.23. The maximum Gasteiger partial charge on any atom is 0.0478 e. The van der Waals surface area contributed by atoms with Gasteiger partial charge in [0, 0.05) is 9.60 Å². The van der Waals surface area contributed by atoms with Crippen molar-refractivity contribution in [1.29, 1.82) is 0 Å². The van der Waals surface area contributed by atoms with Crippen LogP contribution in [0.25, 0.3) is 10.1 Å². The quantitative estimate of drug-likeness (QED) is 0.606. The molecule has 1 aromatic heterocycles. The summed E-state index contributed by atoms with van der Waals surface area (Å²) in [5, 5.41) is 3.43. The van der Waals surface area contributed by atoms with Gasteiger partial charge in [-0.25, -0.2) is 0 Å². The van der Waals surface area contributed by atoms with Gasteiger partial charge in [0.15, 0.2) is 0 Å². The van der Waals surface area contributed by atoms with Gasteiger partial charge in [0.05, 0.1) is 0 Å². The Morgan fingerprint density at radius 2 is 2.08 bits per heavy atom. The number of hydrogen-bond donors (Lipinski definition) is 1. The van der Waals surface area contributed by atoms with E-state index in [2.05, 4.69) is 44.0 Å². The maximum absolute atomic E-state index is 4.51. The highest BCUT2D eigenvalue weighted by Gasteiger charge is 2.04. The fraction of sp³-hybridized carbons (Fsp3) is 0.200. The fourth-order valence-corrected chi connectivity index (χ4v) is 2.67. The summed E-state index contributed by atoms with van der Waals surface area (Å²) in [6, 6.07) is 4.37. The van der Waals surface area contributed by atoms with Gasteiger partial charge >= 0.3 is 0 Å². The summed E-state index contributed by atoms with van der Waals surface area (Å²) in [7, 11) is 0. The molecule has 0 saturated carbocycles. The summed E-state index contributed by atoms with van der Waals surface area (Å²) in [4.78, 5) is 1.14. The summed E-state index contributed by atoms with van der Waals surface area (Å²) in [6.45, 7) is 4.25. The van der Waals surface area contributed by atoms with Crippen LogP contribution < -0.4 is 0 Å². The Labute approximate surface area is 81.6 Å². The minimum atomic E-state index is 1.14. The summed E-state index contributed by atoms with van der Waals surface area (Å²) in [6.07, 6.45) is 0. The van der Waals surface area contributed by atoms with Crippen molar-refractivity contribution in [2.75, 3.05) is 0 Å². The van der Waals surface area contributed by atoms with Crippen LogP contribution in [0.15, 0.2) is 22.4 Å². The van der Waals surface area contributed by atoms with Gasteiger partial charge in [0.1, 0.15) is 0 Å². The largest absolute Gasteiger partial charge is 0.143 e. The van der Waals surface area contributed by atoms with Gasteiger partial charge in [0.2, 0.25) is 0 Å². The molecule has 0 aliphatic carbocycles. The molecule has 0 atom stereocenters. The Balaban J connectivity index is 2.94. The van der Waals surface area contributed by atoms with Crippen LogP contribution in [0.4, 0.5) is 0 Å². The Bertz CT molecular complexity index is 427. The smallest absolute Gasteiger partial charge is 0.0478 e. The van der Waals surface area contributed by atoms with E-state index in [1.165, 1.54) is 21.2 Å². The Hall–Kier alpha value is -0.470. The van der Waals surface area contributed by atoms with Crippen molar-refractivity contribution < 1.29 is 0 Å². The highest BCUT2D eigenvalue weighted by Crippen LogP contribution is 2.31. The molecule has 2 aromatic rings. The van der Waals surface area contributed by atoms with E-state index in [1.54, 1.807) is 11.3 Å². The molecule has 0 unspecified atom stereocenters. The first kappa shape index (κ1) is 8.14. The zero-order chi connectivity index (χ0) is 8.72. The van der Waals surface area contributed by atoms with Crippen LogP contribution >= 0.6 is 24.0 Å². The molecule has 0 aliphatic heterocycles. The van der Waals surface area contributed by atoms with Gasteiger partial charge in [-0.1, -0.05) is 6.07 Å². The first-order valence-corrected chi connectivity index (χ1v) is 5.19. The molecule has 0 radical (unpaired) electrons. The zero-order valence-electron chi connectivity index (χ0n) is 7.09. The molecule has 2 heteroatoms. The van der Waals surface area contributed by atoms with Gasteiger partial charge in [-0.05, 0) is 41.8 Å². The molecule has 0 spiro atoms. The predicted molar refractivity (Wildman–Crippen MR) is 58.6 cm³/mol. The normalized spacial score (nSPS) is 10.9. The summed E-state index contributed by atoms with van der Waals surface area (Å²) >= 11 is 6.27. The van der Waals surface area contributed by atoms with Crippen molar-refractivity contribution in [3.8, 4) is 0 Å². The van der Waals surface area contributed by atoms with E-state index in [0.29, 0.717) is 0 Å². The van der Waals surface area contributed by atoms with E-state index in [4.69, 9.17) is 0 Å². The second kappa shape index (κ2) is 2.79. The molecular formula is C10H10S2. The van der Waals surface area contributed by atoms with Crippen molar-refractivity contribution in [3.63, 3.8) is 0 Å². The first-order valence-electron chi connectivity index (χ1n) is 3.86. The number of thiophene rings is 1. The van der Waals surface area contributed by atoms with Crippen LogP contribution in [0.5, 0.6) is 0 Å². The zero-order valence-corrected chi connectivity index (χ0v) is 8.80. The van der Waals surface area contributed by atoms with Crippen LogP contribution in [0.3, 0.4) is 0 Å². The lowest BCUT2D eigenvalue weighted by molar-refractivity contribution is 1.28. The topological polar surface area (TPSA) is 0 Å². The molecule has 12 heavy (non-hydrogen) atoms. The van der Waals surface area contributed by atoms with Crippen molar-refractivity contribution in [2.24, 2.45) is 0 Å². The molecule has 0 fully saturated rings. The summed E-state index contributed by atoms with van der Waals surface area (Å²) in [5.74, 6) is 0. The Morgan fingerprint density at radius 3 is 2.83 bits per heavy atom. The van der Waals surface area contributed by atoms with E-state index < -0.39 is 0 Å². The van der Waals surface area contributed by atoms with E-state index in [1.807, 2.05) is 0 Å². The molecule has 62 valence electrons. The van der Waals surface area contributed by atoms with Crippen LogP contribution in [0.2, 0.25) is 0 Å². The minimum Gasteiger partial charge on any atom is -0.143 e. The van der Waals surface area contributed by atoms with Crippen LogP contribution in [-0.2, 0) is 0 Å². The van der Waals surface area contributed by atoms with Crippen molar-refractivity contribution in [3.05, 3.63) is 28.6 Å². The highest BCUT2D eigenvalue weighted by molar-refractivity contribution is 7.80. The number of hydrogen-bond acceptors (Lipinski definition) is 2. The van der Waals surface area contributed by atoms with E-state index in [-0.39, 0.29) is 0 Å². The monoisotopic (exact) mass is 194 g/mol. The van der Waals surface area contributed by atoms with Crippen LogP contribution in [-0.4, -0.2) is 0 Å². The standard InChI is InChI=1S/C10H10S2/c1-6-5-8-3-4-12-10(8)9(11)7(6)2/h3-5,11H,1-2H3. The third kappa shape index (κ3) is 1.06. The highest BCUT2D eigenvalue weighted by atomic mass is 32.1. The maximum atomic E-state index is 4.51. The number of aryl methyl sites for hydroxylation is 1. The van der Waals surface area contributed by atoms with E-state index in [9.17, 15) is 0 Å². The lowest BCUT2D eigenvalue weighted by Gasteiger charge is -2.04. The number of benzene rings is 1. The molecule has 0 amide bonds. The molecule has 0 N–H and O–H groups in total. The van der Waals surface area contributed by atoms with Gasteiger partial charge in [-0.2, -0.15) is 0 Å². The van der Waals surface area contributed by atoms with Gasteiger partial charge in [-0.3, -0.25) is 0 Å². The molecule has 1 aromatic carbocycles. The fourth-order valence-electron chi connectivity index (χ4n) is 1.32. The Morgan fingerprint density at radius 1 is 1.33 bits per heavy atom. The van der Waals surface area contributed by atoms with Crippen LogP contribution in [0, 0.1) is 13.8 Å². The Kier molecular flexibility index (Phi) is 1.89. The molecule has 0 nitrogen and oxygen atoms in total. The van der Waals surface area contributed by atoms with Gasteiger partial charge < -0.3 is 0 Å². The average molecular weight is 194 g/mol. The van der Waals surface area contributed by atoms with Gasteiger partial charge in [0.25, 0.3) is 0 Å². The number of thiol groups is 1. The molecule has 0 bridgehead atoms. The van der Waals surface area contributed by atoms with Crippen molar-refractivity contribution >= 4 is 34.1 Å². The third-order valence-corrected chi connectivity index (χ3v) is 3.89. The van der Waals surface area contributed by atoms with E-state index >= 15 is 0 Å². The molecule has 1 heterocycles. The van der Waals surface area contributed by atoms with Crippen LogP contribution in [0.1, 0.15) is 11.1 Å². The summed E-state index contributed by atoms with van der Waals surface area (Å²) in [5.41, 5.74) is 2.62. The molecule has 0 aliphatic rings. The molecule has 2 rings (SSSR count). The van der Waals surface area contributed by atoms with Crippen molar-refractivity contribution in [1.82, 2.24) is 0 Å². The second-order valence-corrected chi connectivity index (χ2v) is 4.37. The SMILES string of the molecule is Cc1cc2ccsc2c(S)c1C. The molecule has 0 saturated heterocycles. The number of rotatable bonds is 0. The lowest BCUT2D eigenvalue weighted by Crippen LogP contribution is -1.82. The van der Waals surface area contributed by atoms with Crippen molar-refractivity contribution in [2.45, 2.75) is 18.7 Å². The first-order chi connectivity index (χ1) is 5.70. The second-order valence-electron chi connectivity index (χ2n) is 3.01. The summed E-state index contributed by atoms with van der Waals surface area (Å²) < 4.78 is 1.31. The number of fused-ring (bicyclic) bond motifs is 1. The predicted octanol–water partition coefficient (Wildman–Crippen LogP) is 3.81. The lowest BCUT2D eigenvalue weighted by atomic mass is 10.1. The average Bonchev–Trinajstić information content (AvgIpc) is 2.48. The minimum absolute atomic E-state index is 1.14. The molecular weight excluding hydrogens is 184 g/mol. The van der Waals surface area contributed by atoms with E-state index in [0.717, 1.165) is 4.90 Å². The van der Waals surface area contributed by atoms with Gasteiger partial charge in [-0.15, -0.1) is 24.0 Å².